The minimum Gasteiger partial charge on any atom is -0.311 e. The molecule has 0 fully saturated rings. The SMILES string of the molecule is c1cc(-c2ccc(-c3ccc(N(c4ccc(-c5ccccc5-n5c6ccccc6c6ccccc65)cc4)c4ccc(-c5cccc6sc7ccccc7c56)cc4)cc3)cc2)cc(-c2ccc3ccccc3c2)c1. The highest BCUT2D eigenvalue weighted by atomic mass is 32.1. The Hall–Kier alpha value is -9.28. The van der Waals surface area contributed by atoms with Gasteiger partial charge in [-0.1, -0.05) is 200 Å². The topological polar surface area (TPSA) is 8.17 Å². The molecule has 342 valence electrons. The Morgan fingerprint density at radius 3 is 1.38 bits per heavy atom. The number of nitrogens with zero attached hydrogens (tertiary/aromatic N) is 2. The van der Waals surface area contributed by atoms with Gasteiger partial charge in [0.2, 0.25) is 0 Å². The van der Waals surface area contributed by atoms with Gasteiger partial charge in [-0.15, -0.1) is 11.3 Å². The zero-order valence-electron chi connectivity index (χ0n) is 39.9. The van der Waals surface area contributed by atoms with Crippen LogP contribution in [0.2, 0.25) is 0 Å². The van der Waals surface area contributed by atoms with Crippen LogP contribution in [-0.4, -0.2) is 4.57 Å². The summed E-state index contributed by atoms with van der Waals surface area (Å²) in [4.78, 5) is 2.38. The van der Waals surface area contributed by atoms with E-state index in [1.54, 1.807) is 0 Å². The molecular formula is C70H46N2S. The van der Waals surface area contributed by atoms with E-state index in [-0.39, 0.29) is 0 Å². The maximum Gasteiger partial charge on any atom is 0.0541 e. The van der Waals surface area contributed by atoms with Gasteiger partial charge in [-0.2, -0.15) is 0 Å². The molecule has 3 heteroatoms. The highest BCUT2D eigenvalue weighted by Gasteiger charge is 2.18. The molecule has 0 aliphatic carbocycles. The van der Waals surface area contributed by atoms with Gasteiger partial charge in [0.15, 0.2) is 0 Å². The van der Waals surface area contributed by atoms with Crippen LogP contribution in [0.3, 0.4) is 0 Å². The molecule has 0 radical (unpaired) electrons. The molecule has 0 saturated heterocycles. The van der Waals surface area contributed by atoms with Crippen LogP contribution in [-0.2, 0) is 0 Å². The van der Waals surface area contributed by atoms with E-state index < -0.39 is 0 Å². The lowest BCUT2D eigenvalue weighted by molar-refractivity contribution is 1.18. The second-order valence-corrected chi connectivity index (χ2v) is 19.9. The first-order valence-electron chi connectivity index (χ1n) is 25.0. The summed E-state index contributed by atoms with van der Waals surface area (Å²) >= 11 is 1.86. The van der Waals surface area contributed by atoms with Gasteiger partial charge in [0.1, 0.15) is 0 Å². The Balaban J connectivity index is 0.812. The average Bonchev–Trinajstić information content (AvgIpc) is 4.02. The highest BCUT2D eigenvalue weighted by Crippen LogP contribution is 2.43. The molecule has 14 rings (SSSR count). The molecule has 0 aliphatic heterocycles. The summed E-state index contributed by atoms with van der Waals surface area (Å²) in [5.74, 6) is 0. The zero-order chi connectivity index (χ0) is 48.2. The molecule has 0 bridgehead atoms. The number of hydrogen-bond acceptors (Lipinski definition) is 2. The minimum absolute atomic E-state index is 1.08. The molecular weight excluding hydrogens is 901 g/mol. The first kappa shape index (κ1) is 42.6. The Morgan fingerprint density at radius 2 is 0.712 bits per heavy atom. The number of aromatic nitrogens is 1. The lowest BCUT2D eigenvalue weighted by Crippen LogP contribution is -2.09. The van der Waals surface area contributed by atoms with E-state index in [1.165, 1.54) is 103 Å². The fraction of sp³-hybridized carbons (Fsp3) is 0. The van der Waals surface area contributed by atoms with Crippen LogP contribution in [0, 0.1) is 0 Å². The van der Waals surface area contributed by atoms with Gasteiger partial charge in [0.05, 0.1) is 16.7 Å². The Kier molecular flexibility index (Phi) is 10.4. The predicted molar refractivity (Wildman–Crippen MR) is 313 cm³/mol. The first-order valence-corrected chi connectivity index (χ1v) is 25.8. The lowest BCUT2D eigenvalue weighted by atomic mass is 9.96. The van der Waals surface area contributed by atoms with Crippen LogP contribution in [0.15, 0.2) is 279 Å². The van der Waals surface area contributed by atoms with E-state index in [1.807, 2.05) is 11.3 Å². The van der Waals surface area contributed by atoms with Crippen LogP contribution in [0.25, 0.3) is 114 Å². The molecule has 14 aromatic rings. The number of fused-ring (bicyclic) bond motifs is 7. The molecule has 2 nitrogen and oxygen atoms in total. The second kappa shape index (κ2) is 17.8. The second-order valence-electron chi connectivity index (χ2n) is 18.9. The van der Waals surface area contributed by atoms with Gasteiger partial charge in [-0.25, -0.2) is 0 Å². The quantitative estimate of drug-likeness (QED) is 0.140. The van der Waals surface area contributed by atoms with E-state index in [0.717, 1.165) is 28.3 Å². The van der Waals surface area contributed by atoms with E-state index in [0.29, 0.717) is 0 Å². The number of thiophene rings is 1. The van der Waals surface area contributed by atoms with Crippen molar-refractivity contribution in [3.63, 3.8) is 0 Å². The van der Waals surface area contributed by atoms with Crippen molar-refractivity contribution in [1.82, 2.24) is 4.57 Å². The third kappa shape index (κ3) is 7.58. The van der Waals surface area contributed by atoms with E-state index in [2.05, 4.69) is 289 Å². The number of hydrogen-bond donors (Lipinski definition) is 0. The lowest BCUT2D eigenvalue weighted by Gasteiger charge is -2.26. The smallest absolute Gasteiger partial charge is 0.0541 e. The van der Waals surface area contributed by atoms with Crippen molar-refractivity contribution in [2.75, 3.05) is 4.90 Å². The van der Waals surface area contributed by atoms with Gasteiger partial charge in [0.25, 0.3) is 0 Å². The summed E-state index contributed by atoms with van der Waals surface area (Å²) < 4.78 is 5.04. The highest BCUT2D eigenvalue weighted by molar-refractivity contribution is 7.25. The number of rotatable bonds is 9. The van der Waals surface area contributed by atoms with Gasteiger partial charge in [0, 0.05) is 53.6 Å². The summed E-state index contributed by atoms with van der Waals surface area (Å²) in [6, 6.07) is 102. The average molecular weight is 947 g/mol. The normalized spacial score (nSPS) is 11.6. The number of benzene rings is 12. The third-order valence-corrected chi connectivity index (χ3v) is 15.8. The first-order chi connectivity index (χ1) is 36.2. The van der Waals surface area contributed by atoms with E-state index in [4.69, 9.17) is 0 Å². The summed E-state index contributed by atoms with van der Waals surface area (Å²) in [5.41, 5.74) is 18.8. The van der Waals surface area contributed by atoms with Gasteiger partial charge >= 0.3 is 0 Å². The molecule has 2 aromatic heterocycles. The molecule has 0 aliphatic rings. The Bertz CT molecular complexity index is 4300. The Labute approximate surface area is 428 Å². The summed E-state index contributed by atoms with van der Waals surface area (Å²) in [5, 5.41) is 7.66. The van der Waals surface area contributed by atoms with Gasteiger partial charge in [-0.05, 0) is 140 Å². The molecule has 2 heterocycles. The molecule has 0 atom stereocenters. The minimum atomic E-state index is 1.08. The van der Waals surface area contributed by atoms with Gasteiger partial charge < -0.3 is 9.47 Å². The fourth-order valence-corrected chi connectivity index (χ4v) is 12.2. The molecule has 0 amide bonds. The molecule has 12 aromatic carbocycles. The molecule has 0 spiro atoms. The summed E-state index contributed by atoms with van der Waals surface area (Å²) in [7, 11) is 0. The van der Waals surface area contributed by atoms with Crippen molar-refractivity contribution in [2.45, 2.75) is 0 Å². The standard InChI is InChI=1S/C70H46N2S/c1-2-14-53-46-56(32-31-47(53)13-1)55-16-11-15-54(45-55)50-29-27-48(28-30-50)49-33-39-57(40-34-49)71(59-43-37-52(38-44-59)61-21-12-26-69-70(61)64-20-6-10-25-68(64)73-69)58-41-35-51(36-42-58)60-17-3-7-22-65(60)72-66-23-8-4-18-62(66)63-19-5-9-24-67(63)72/h1-46H. The number of para-hydroxylation sites is 3. The number of anilines is 3. The molecule has 0 unspecified atom stereocenters. The van der Waals surface area contributed by atoms with Crippen LogP contribution in [0.5, 0.6) is 0 Å². The van der Waals surface area contributed by atoms with Crippen LogP contribution >= 0.6 is 11.3 Å². The van der Waals surface area contributed by atoms with Crippen molar-refractivity contribution in [1.29, 1.82) is 0 Å². The van der Waals surface area contributed by atoms with Gasteiger partial charge in [-0.3, -0.25) is 0 Å². The van der Waals surface area contributed by atoms with E-state index in [9.17, 15) is 0 Å². The largest absolute Gasteiger partial charge is 0.311 e. The predicted octanol–water partition coefficient (Wildman–Crippen LogP) is 20.1. The van der Waals surface area contributed by atoms with Crippen LogP contribution in [0.4, 0.5) is 17.1 Å². The fourth-order valence-electron chi connectivity index (χ4n) is 11.0. The summed E-state index contributed by atoms with van der Waals surface area (Å²) in [6.45, 7) is 0. The summed E-state index contributed by atoms with van der Waals surface area (Å²) in [6.07, 6.45) is 0. The third-order valence-electron chi connectivity index (χ3n) is 14.6. The molecule has 0 saturated carbocycles. The van der Waals surface area contributed by atoms with Crippen molar-refractivity contribution in [3.8, 4) is 61.3 Å². The van der Waals surface area contributed by atoms with Crippen molar-refractivity contribution in [3.05, 3.63) is 279 Å². The Morgan fingerprint density at radius 1 is 0.274 bits per heavy atom. The van der Waals surface area contributed by atoms with Crippen LogP contribution in [0.1, 0.15) is 0 Å². The maximum atomic E-state index is 2.42. The molecule has 0 N–H and O–H groups in total. The van der Waals surface area contributed by atoms with Crippen molar-refractivity contribution in [2.24, 2.45) is 0 Å². The molecule has 73 heavy (non-hydrogen) atoms. The van der Waals surface area contributed by atoms with Crippen molar-refractivity contribution >= 4 is 81.1 Å². The zero-order valence-corrected chi connectivity index (χ0v) is 40.7. The van der Waals surface area contributed by atoms with E-state index >= 15 is 0 Å². The van der Waals surface area contributed by atoms with Crippen molar-refractivity contribution < 1.29 is 0 Å². The van der Waals surface area contributed by atoms with Crippen LogP contribution < -0.4 is 4.90 Å². The maximum absolute atomic E-state index is 2.42. The monoisotopic (exact) mass is 946 g/mol.